The Morgan fingerprint density at radius 3 is 2.12 bits per heavy atom. The minimum atomic E-state index is -0.624. The van der Waals surface area contributed by atoms with Crippen molar-refractivity contribution in [2.75, 3.05) is 31.8 Å². The minimum Gasteiger partial charge on any atom is -0.490 e. The molecule has 0 bridgehead atoms. The van der Waals surface area contributed by atoms with E-state index >= 15 is 0 Å². The van der Waals surface area contributed by atoms with Crippen molar-refractivity contribution in [3.8, 4) is 11.5 Å². The number of para-hydroxylation sites is 3. The Kier molecular flexibility index (Phi) is 6.83. The molecule has 0 saturated heterocycles. The third kappa shape index (κ3) is 5.53. The van der Waals surface area contributed by atoms with Gasteiger partial charge < -0.3 is 19.1 Å². The summed E-state index contributed by atoms with van der Waals surface area (Å²) in [6.45, 7) is 1.71. The molecule has 0 fully saturated rings. The first kappa shape index (κ1) is 18.3. The molecular formula is C19H21NO5. The molecule has 0 aromatic heterocycles. The number of amides is 1. The van der Waals surface area contributed by atoms with E-state index in [2.05, 4.69) is 0 Å². The van der Waals surface area contributed by atoms with Gasteiger partial charge >= 0.3 is 5.97 Å². The fraction of sp³-hybridized carbons (Fsp3) is 0.263. The monoisotopic (exact) mass is 343 g/mol. The lowest BCUT2D eigenvalue weighted by molar-refractivity contribution is -0.149. The van der Waals surface area contributed by atoms with E-state index in [1.54, 1.807) is 37.4 Å². The summed E-state index contributed by atoms with van der Waals surface area (Å²) in [5.41, 5.74) is 0.727. The molecule has 0 N–H and O–H groups in total. The van der Waals surface area contributed by atoms with E-state index < -0.39 is 5.97 Å². The zero-order chi connectivity index (χ0) is 18.1. The van der Waals surface area contributed by atoms with Crippen molar-refractivity contribution < 1.29 is 23.8 Å². The summed E-state index contributed by atoms with van der Waals surface area (Å²) in [5.74, 6) is 0.0575. The Bertz CT molecular complexity index is 702. The van der Waals surface area contributed by atoms with Crippen molar-refractivity contribution in [3.05, 3.63) is 54.6 Å². The van der Waals surface area contributed by atoms with Gasteiger partial charge in [0.05, 0.1) is 6.61 Å². The summed E-state index contributed by atoms with van der Waals surface area (Å²) in [6.07, 6.45) is 0. The molecule has 0 spiro atoms. The van der Waals surface area contributed by atoms with Crippen molar-refractivity contribution in [1.29, 1.82) is 0 Å². The smallest absolute Gasteiger partial charge is 0.344 e. The first-order valence-electron chi connectivity index (χ1n) is 7.93. The summed E-state index contributed by atoms with van der Waals surface area (Å²) in [6, 6.07) is 16.2. The molecule has 6 nitrogen and oxygen atoms in total. The third-order valence-electron chi connectivity index (χ3n) is 3.37. The Labute approximate surface area is 146 Å². The fourth-order valence-corrected chi connectivity index (χ4v) is 2.06. The number of nitrogens with zero attached hydrogens (tertiary/aromatic N) is 1. The van der Waals surface area contributed by atoms with Crippen LogP contribution in [0.25, 0.3) is 0 Å². The summed E-state index contributed by atoms with van der Waals surface area (Å²) >= 11 is 0. The maximum Gasteiger partial charge on any atom is 0.344 e. The fourth-order valence-electron chi connectivity index (χ4n) is 2.06. The topological polar surface area (TPSA) is 65.1 Å². The van der Waals surface area contributed by atoms with E-state index in [1.165, 1.54) is 4.90 Å². The highest BCUT2D eigenvalue weighted by molar-refractivity contribution is 5.94. The molecule has 0 aliphatic rings. The quantitative estimate of drug-likeness (QED) is 0.690. The highest BCUT2D eigenvalue weighted by Gasteiger charge is 2.14. The van der Waals surface area contributed by atoms with Gasteiger partial charge in [-0.2, -0.15) is 0 Å². The molecule has 2 rings (SSSR count). The second-order valence-electron chi connectivity index (χ2n) is 5.12. The number of anilines is 1. The number of rotatable bonds is 8. The molecule has 0 atom stereocenters. The Morgan fingerprint density at radius 1 is 0.880 bits per heavy atom. The van der Waals surface area contributed by atoms with Crippen LogP contribution in [-0.4, -0.2) is 38.7 Å². The standard InChI is InChI=1S/C19H21NO5/c1-3-23-16-11-7-8-12-17(16)24-14-19(22)25-13-18(21)20(2)15-9-5-4-6-10-15/h4-12H,3,13-14H2,1-2H3. The number of carbonyl (C=O) groups is 2. The van der Waals surface area contributed by atoms with Crippen molar-refractivity contribution in [3.63, 3.8) is 0 Å². The molecule has 0 radical (unpaired) electrons. The minimum absolute atomic E-state index is 0.299. The number of esters is 1. The van der Waals surface area contributed by atoms with Crippen molar-refractivity contribution in [2.24, 2.45) is 0 Å². The maximum atomic E-state index is 12.0. The molecule has 0 aliphatic heterocycles. The zero-order valence-electron chi connectivity index (χ0n) is 14.3. The van der Waals surface area contributed by atoms with Crippen LogP contribution in [0.2, 0.25) is 0 Å². The number of benzene rings is 2. The first-order chi connectivity index (χ1) is 12.1. The van der Waals surface area contributed by atoms with E-state index in [1.807, 2.05) is 31.2 Å². The molecule has 0 heterocycles. The van der Waals surface area contributed by atoms with Gasteiger partial charge in [0.25, 0.3) is 5.91 Å². The molecule has 25 heavy (non-hydrogen) atoms. The Morgan fingerprint density at radius 2 is 1.48 bits per heavy atom. The molecule has 6 heteroatoms. The normalized spacial score (nSPS) is 10.0. The van der Waals surface area contributed by atoms with Crippen LogP contribution < -0.4 is 14.4 Å². The zero-order valence-corrected chi connectivity index (χ0v) is 14.3. The lowest BCUT2D eigenvalue weighted by Crippen LogP contribution is -2.31. The average Bonchev–Trinajstić information content (AvgIpc) is 2.65. The van der Waals surface area contributed by atoms with Crippen LogP contribution >= 0.6 is 0 Å². The van der Waals surface area contributed by atoms with Gasteiger partial charge in [-0.15, -0.1) is 0 Å². The van der Waals surface area contributed by atoms with Crippen LogP contribution in [0, 0.1) is 0 Å². The van der Waals surface area contributed by atoms with Crippen LogP contribution in [0.3, 0.4) is 0 Å². The summed E-state index contributed by atoms with van der Waals surface area (Å²) in [4.78, 5) is 25.3. The lowest BCUT2D eigenvalue weighted by atomic mass is 10.3. The van der Waals surface area contributed by atoms with E-state index in [4.69, 9.17) is 14.2 Å². The largest absolute Gasteiger partial charge is 0.490 e. The van der Waals surface area contributed by atoms with Crippen LogP contribution in [0.4, 0.5) is 5.69 Å². The first-order valence-corrected chi connectivity index (χ1v) is 7.93. The van der Waals surface area contributed by atoms with Crippen LogP contribution in [0.5, 0.6) is 11.5 Å². The van der Waals surface area contributed by atoms with Gasteiger partial charge in [-0.05, 0) is 31.2 Å². The highest BCUT2D eigenvalue weighted by atomic mass is 16.6. The number of hydrogen-bond acceptors (Lipinski definition) is 5. The van der Waals surface area contributed by atoms with Gasteiger partial charge in [0.2, 0.25) is 0 Å². The predicted molar refractivity (Wildman–Crippen MR) is 93.9 cm³/mol. The molecular weight excluding hydrogens is 322 g/mol. The second kappa shape index (κ2) is 9.32. The van der Waals surface area contributed by atoms with Crippen molar-refractivity contribution in [2.45, 2.75) is 6.92 Å². The van der Waals surface area contributed by atoms with E-state index in [9.17, 15) is 9.59 Å². The van der Waals surface area contributed by atoms with E-state index in [0.717, 1.165) is 5.69 Å². The lowest BCUT2D eigenvalue weighted by Gasteiger charge is -2.17. The van der Waals surface area contributed by atoms with E-state index in [0.29, 0.717) is 18.1 Å². The molecule has 2 aromatic rings. The number of carbonyl (C=O) groups excluding carboxylic acids is 2. The van der Waals surface area contributed by atoms with Gasteiger partial charge in [-0.3, -0.25) is 4.79 Å². The van der Waals surface area contributed by atoms with Gasteiger partial charge in [0, 0.05) is 12.7 Å². The number of likely N-dealkylation sites (N-methyl/N-ethyl adjacent to an activating group) is 1. The van der Waals surface area contributed by atoms with Crippen molar-refractivity contribution in [1.82, 2.24) is 0 Å². The summed E-state index contributed by atoms with van der Waals surface area (Å²) < 4.78 is 15.8. The predicted octanol–water partition coefficient (Wildman–Crippen LogP) is 2.67. The van der Waals surface area contributed by atoms with Crippen molar-refractivity contribution >= 4 is 17.6 Å². The molecule has 0 saturated carbocycles. The van der Waals surface area contributed by atoms with Gasteiger partial charge in [0.1, 0.15) is 0 Å². The Balaban J connectivity index is 1.80. The molecule has 1 amide bonds. The van der Waals surface area contributed by atoms with Gasteiger partial charge in [-0.1, -0.05) is 30.3 Å². The third-order valence-corrected chi connectivity index (χ3v) is 3.37. The van der Waals surface area contributed by atoms with E-state index in [-0.39, 0.29) is 19.1 Å². The SMILES string of the molecule is CCOc1ccccc1OCC(=O)OCC(=O)N(C)c1ccccc1. The second-order valence-corrected chi connectivity index (χ2v) is 5.12. The molecule has 0 aliphatic carbocycles. The highest BCUT2D eigenvalue weighted by Crippen LogP contribution is 2.26. The van der Waals surface area contributed by atoms with Gasteiger partial charge in [-0.25, -0.2) is 4.79 Å². The summed E-state index contributed by atoms with van der Waals surface area (Å²) in [7, 11) is 1.63. The Hall–Kier alpha value is -3.02. The van der Waals surface area contributed by atoms with Crippen LogP contribution in [-0.2, 0) is 14.3 Å². The number of ether oxygens (including phenoxy) is 3. The van der Waals surface area contributed by atoms with Crippen LogP contribution in [0.15, 0.2) is 54.6 Å². The van der Waals surface area contributed by atoms with Gasteiger partial charge in [0.15, 0.2) is 24.7 Å². The molecule has 132 valence electrons. The average molecular weight is 343 g/mol. The van der Waals surface area contributed by atoms with Crippen LogP contribution in [0.1, 0.15) is 6.92 Å². The molecule has 2 aromatic carbocycles. The molecule has 0 unspecified atom stereocenters. The number of hydrogen-bond donors (Lipinski definition) is 0. The maximum absolute atomic E-state index is 12.0. The summed E-state index contributed by atoms with van der Waals surface area (Å²) in [5, 5.41) is 0.